The Labute approximate surface area is 102 Å². The zero-order valence-corrected chi connectivity index (χ0v) is 9.82. The number of hydrogen-bond acceptors (Lipinski definition) is 2. The summed E-state index contributed by atoms with van der Waals surface area (Å²) in [4.78, 5) is 10.8. The van der Waals surface area contributed by atoms with Gasteiger partial charge in [-0.1, -0.05) is 11.6 Å². The van der Waals surface area contributed by atoms with E-state index in [1.807, 2.05) is 0 Å². The topological polar surface area (TPSA) is 38.3 Å². The molecule has 1 rings (SSSR count). The van der Waals surface area contributed by atoms with Crippen LogP contribution in [-0.2, 0) is 4.79 Å². The first kappa shape index (κ1) is 13.1. The fourth-order valence-electron chi connectivity index (χ4n) is 0.991. The number of nitrogens with one attached hydrogen (secondary N) is 1. The second kappa shape index (κ2) is 6.55. The molecule has 0 fully saturated rings. The summed E-state index contributed by atoms with van der Waals surface area (Å²) in [6.07, 6.45) is 0. The van der Waals surface area contributed by atoms with Gasteiger partial charge >= 0.3 is 0 Å². The minimum Gasteiger partial charge on any atom is -0.490 e. The summed E-state index contributed by atoms with van der Waals surface area (Å²) in [6.45, 7) is 0.563. The first-order valence-corrected chi connectivity index (χ1v) is 5.45. The lowest BCUT2D eigenvalue weighted by Crippen LogP contribution is -2.28. The predicted octanol–water partition coefficient (Wildman–Crippen LogP) is 2.21. The average Bonchev–Trinajstić information content (AvgIpc) is 2.26. The van der Waals surface area contributed by atoms with Gasteiger partial charge in [-0.25, -0.2) is 4.39 Å². The molecule has 0 saturated heterocycles. The smallest absolute Gasteiger partial charge is 0.235 e. The quantitative estimate of drug-likeness (QED) is 0.655. The molecule has 1 N–H and O–H groups in total. The first-order valence-electron chi connectivity index (χ1n) is 4.54. The van der Waals surface area contributed by atoms with E-state index in [2.05, 4.69) is 5.32 Å². The molecule has 0 aliphatic rings. The molecule has 1 aromatic rings. The molecular weight excluding hydrogens is 256 g/mol. The Morgan fingerprint density at radius 3 is 2.88 bits per heavy atom. The highest BCUT2D eigenvalue weighted by atomic mass is 35.5. The van der Waals surface area contributed by atoms with Crippen molar-refractivity contribution in [3.8, 4) is 5.75 Å². The molecule has 0 aliphatic heterocycles. The van der Waals surface area contributed by atoms with Crippen molar-refractivity contribution in [3.63, 3.8) is 0 Å². The Hall–Kier alpha value is -1.00. The lowest BCUT2D eigenvalue weighted by molar-refractivity contribution is -0.118. The maximum Gasteiger partial charge on any atom is 0.235 e. The molecule has 0 bridgehead atoms. The zero-order valence-electron chi connectivity index (χ0n) is 8.30. The SMILES string of the molecule is O=C(CCl)NCCOc1ccc(F)cc1Cl. The normalized spacial score (nSPS) is 9.94. The van der Waals surface area contributed by atoms with Crippen LogP contribution in [0.1, 0.15) is 0 Å². The molecule has 1 aromatic carbocycles. The van der Waals surface area contributed by atoms with Crippen molar-refractivity contribution in [1.29, 1.82) is 0 Å². The van der Waals surface area contributed by atoms with E-state index < -0.39 is 5.82 Å². The second-order valence-electron chi connectivity index (χ2n) is 2.91. The monoisotopic (exact) mass is 265 g/mol. The highest BCUT2D eigenvalue weighted by Gasteiger charge is 2.03. The van der Waals surface area contributed by atoms with E-state index >= 15 is 0 Å². The van der Waals surface area contributed by atoms with Crippen LogP contribution in [0.5, 0.6) is 5.75 Å². The molecule has 0 aromatic heterocycles. The third-order valence-electron chi connectivity index (χ3n) is 1.70. The van der Waals surface area contributed by atoms with Gasteiger partial charge in [-0.05, 0) is 18.2 Å². The van der Waals surface area contributed by atoms with Crippen molar-refractivity contribution in [2.45, 2.75) is 0 Å². The molecule has 0 aliphatic carbocycles. The molecule has 0 atom stereocenters. The van der Waals surface area contributed by atoms with Gasteiger partial charge < -0.3 is 10.1 Å². The maximum absolute atomic E-state index is 12.7. The van der Waals surface area contributed by atoms with Crippen LogP contribution < -0.4 is 10.1 Å². The van der Waals surface area contributed by atoms with E-state index in [-0.39, 0.29) is 23.4 Å². The molecule has 16 heavy (non-hydrogen) atoms. The van der Waals surface area contributed by atoms with Crippen LogP contribution in [0.15, 0.2) is 18.2 Å². The number of ether oxygens (including phenoxy) is 1. The molecule has 0 heterocycles. The molecule has 0 saturated carbocycles. The number of amides is 1. The molecule has 6 heteroatoms. The summed E-state index contributed by atoms with van der Waals surface area (Å²) >= 11 is 11.0. The average molecular weight is 266 g/mol. The number of hydrogen-bond donors (Lipinski definition) is 1. The van der Waals surface area contributed by atoms with Gasteiger partial charge in [0.1, 0.15) is 24.1 Å². The van der Waals surface area contributed by atoms with Gasteiger partial charge in [-0.3, -0.25) is 4.79 Å². The lowest BCUT2D eigenvalue weighted by atomic mass is 10.3. The largest absolute Gasteiger partial charge is 0.490 e. The Morgan fingerprint density at radius 2 is 2.25 bits per heavy atom. The summed E-state index contributed by atoms with van der Waals surface area (Å²) in [6, 6.07) is 3.84. The Morgan fingerprint density at radius 1 is 1.50 bits per heavy atom. The number of rotatable bonds is 5. The fraction of sp³-hybridized carbons (Fsp3) is 0.300. The van der Waals surface area contributed by atoms with Crippen molar-refractivity contribution < 1.29 is 13.9 Å². The number of carbonyl (C=O) groups excluding carboxylic acids is 1. The highest BCUT2D eigenvalue weighted by molar-refractivity contribution is 6.32. The highest BCUT2D eigenvalue weighted by Crippen LogP contribution is 2.24. The molecule has 0 radical (unpaired) electrons. The Kier molecular flexibility index (Phi) is 5.35. The minimum atomic E-state index is -0.423. The van der Waals surface area contributed by atoms with Crippen LogP contribution in [0.4, 0.5) is 4.39 Å². The molecule has 1 amide bonds. The van der Waals surface area contributed by atoms with E-state index in [1.165, 1.54) is 12.1 Å². The second-order valence-corrected chi connectivity index (χ2v) is 3.58. The number of benzene rings is 1. The summed E-state index contributed by atoms with van der Waals surface area (Å²) in [5, 5.41) is 2.72. The third-order valence-corrected chi connectivity index (χ3v) is 2.24. The standard InChI is InChI=1S/C10H10Cl2FNO2/c11-6-10(15)14-3-4-16-9-2-1-7(13)5-8(9)12/h1-2,5H,3-4,6H2,(H,14,15). The number of carbonyl (C=O) groups is 1. The van der Waals surface area contributed by atoms with Crippen LogP contribution in [0, 0.1) is 5.82 Å². The van der Waals surface area contributed by atoms with Gasteiger partial charge in [0.15, 0.2) is 0 Å². The van der Waals surface area contributed by atoms with E-state index in [0.29, 0.717) is 12.3 Å². The van der Waals surface area contributed by atoms with Crippen molar-refractivity contribution in [3.05, 3.63) is 29.0 Å². The van der Waals surface area contributed by atoms with Crippen molar-refractivity contribution in [1.82, 2.24) is 5.32 Å². The van der Waals surface area contributed by atoms with Crippen LogP contribution in [0.25, 0.3) is 0 Å². The summed E-state index contributed by atoms with van der Waals surface area (Å²) < 4.78 is 17.9. The van der Waals surface area contributed by atoms with Crippen LogP contribution in [-0.4, -0.2) is 24.9 Å². The maximum atomic E-state index is 12.7. The van der Waals surface area contributed by atoms with E-state index in [1.54, 1.807) is 0 Å². The van der Waals surface area contributed by atoms with Crippen molar-refractivity contribution in [2.75, 3.05) is 19.0 Å². The molecule has 88 valence electrons. The first-order chi connectivity index (χ1) is 7.63. The molecule has 0 spiro atoms. The number of halogens is 3. The number of alkyl halides is 1. The Bertz CT molecular complexity index is 374. The lowest BCUT2D eigenvalue weighted by Gasteiger charge is -2.08. The van der Waals surface area contributed by atoms with Gasteiger partial charge in [0.05, 0.1) is 11.6 Å². The van der Waals surface area contributed by atoms with Crippen LogP contribution in [0.2, 0.25) is 5.02 Å². The van der Waals surface area contributed by atoms with Gasteiger partial charge in [0, 0.05) is 0 Å². The Balaban J connectivity index is 2.35. The molecule has 3 nitrogen and oxygen atoms in total. The van der Waals surface area contributed by atoms with E-state index in [0.717, 1.165) is 6.07 Å². The van der Waals surface area contributed by atoms with Crippen LogP contribution in [0.3, 0.4) is 0 Å². The summed E-state index contributed by atoms with van der Waals surface area (Å²) in [7, 11) is 0. The minimum absolute atomic E-state index is 0.0860. The van der Waals surface area contributed by atoms with Gasteiger partial charge in [0.25, 0.3) is 0 Å². The molecular formula is C10H10Cl2FNO2. The van der Waals surface area contributed by atoms with E-state index in [4.69, 9.17) is 27.9 Å². The zero-order chi connectivity index (χ0) is 12.0. The molecule has 0 unspecified atom stereocenters. The van der Waals surface area contributed by atoms with Gasteiger partial charge in [0.2, 0.25) is 5.91 Å². The summed E-state index contributed by atoms with van der Waals surface area (Å²) in [5.41, 5.74) is 0. The van der Waals surface area contributed by atoms with Crippen LogP contribution >= 0.6 is 23.2 Å². The fourth-order valence-corrected chi connectivity index (χ4v) is 1.31. The van der Waals surface area contributed by atoms with Gasteiger partial charge in [-0.15, -0.1) is 11.6 Å². The van der Waals surface area contributed by atoms with Gasteiger partial charge in [-0.2, -0.15) is 0 Å². The van der Waals surface area contributed by atoms with Crippen molar-refractivity contribution >= 4 is 29.1 Å². The predicted molar refractivity (Wildman–Crippen MR) is 60.6 cm³/mol. The summed E-state index contributed by atoms with van der Waals surface area (Å²) in [5.74, 6) is -0.399. The third kappa shape index (κ3) is 4.24. The van der Waals surface area contributed by atoms with E-state index in [9.17, 15) is 9.18 Å². The van der Waals surface area contributed by atoms with Crippen molar-refractivity contribution in [2.24, 2.45) is 0 Å².